The molecule has 0 radical (unpaired) electrons. The molecule has 0 unspecified atom stereocenters. The van der Waals surface area contributed by atoms with Crippen LogP contribution in [0.2, 0.25) is 0 Å². The first-order valence-electron chi connectivity index (χ1n) is 7.21. The van der Waals surface area contributed by atoms with Crippen molar-refractivity contribution in [2.45, 2.75) is 52.5 Å². The van der Waals surface area contributed by atoms with Gasteiger partial charge in [0.1, 0.15) is 0 Å². The van der Waals surface area contributed by atoms with Gasteiger partial charge in [0, 0.05) is 19.3 Å². The monoisotopic (exact) mass is 264 g/mol. The van der Waals surface area contributed by atoms with Crippen molar-refractivity contribution in [3.63, 3.8) is 0 Å². The number of nitrogens with zero attached hydrogens (tertiary/aromatic N) is 2. The molecule has 106 valence electrons. The van der Waals surface area contributed by atoms with Crippen LogP contribution in [0.1, 0.15) is 56.4 Å². The first-order valence-corrected chi connectivity index (χ1v) is 7.21. The van der Waals surface area contributed by atoms with Crippen LogP contribution in [0, 0.1) is 5.41 Å². The lowest BCUT2D eigenvalue weighted by Crippen LogP contribution is -2.36. The summed E-state index contributed by atoms with van der Waals surface area (Å²) >= 11 is 0. The molecule has 19 heavy (non-hydrogen) atoms. The Hall–Kier alpha value is -1.52. The Bertz CT molecular complexity index is 446. The van der Waals surface area contributed by atoms with Gasteiger partial charge in [-0.3, -0.25) is 9.48 Å². The van der Waals surface area contributed by atoms with E-state index < -0.39 is 0 Å². The van der Waals surface area contributed by atoms with Crippen molar-refractivity contribution in [2.75, 3.05) is 12.3 Å². The zero-order chi connectivity index (χ0) is 13.9. The van der Waals surface area contributed by atoms with Gasteiger partial charge in [-0.15, -0.1) is 0 Å². The highest BCUT2D eigenvalue weighted by Crippen LogP contribution is 2.40. The number of hydrogen-bond donors (Lipinski definition) is 2. The fourth-order valence-corrected chi connectivity index (χ4v) is 2.91. The van der Waals surface area contributed by atoms with E-state index in [9.17, 15) is 4.79 Å². The minimum Gasteiger partial charge on any atom is -0.396 e. The predicted octanol–water partition coefficient (Wildman–Crippen LogP) is 2.19. The Morgan fingerprint density at radius 3 is 2.68 bits per heavy atom. The zero-order valence-electron chi connectivity index (χ0n) is 11.9. The molecule has 0 bridgehead atoms. The Morgan fingerprint density at radius 2 is 2.16 bits per heavy atom. The van der Waals surface area contributed by atoms with Crippen LogP contribution < -0.4 is 11.1 Å². The van der Waals surface area contributed by atoms with E-state index in [1.165, 1.54) is 25.7 Å². The summed E-state index contributed by atoms with van der Waals surface area (Å²) in [5.41, 5.74) is 6.92. The molecule has 1 aromatic heterocycles. The van der Waals surface area contributed by atoms with Crippen LogP contribution >= 0.6 is 0 Å². The number of hydrogen-bond acceptors (Lipinski definition) is 3. The quantitative estimate of drug-likeness (QED) is 0.856. The number of nitrogen functional groups attached to an aromatic ring is 1. The van der Waals surface area contributed by atoms with E-state index in [0.29, 0.717) is 11.4 Å². The molecule has 1 aliphatic rings. The third kappa shape index (κ3) is 2.91. The number of carbonyl (C=O) groups is 1. The summed E-state index contributed by atoms with van der Waals surface area (Å²) in [6, 6.07) is 0. The highest BCUT2D eigenvalue weighted by atomic mass is 16.2. The van der Waals surface area contributed by atoms with E-state index in [1.807, 2.05) is 6.92 Å². The molecule has 0 aliphatic heterocycles. The summed E-state index contributed by atoms with van der Waals surface area (Å²) in [7, 11) is 0. The molecule has 0 aromatic carbocycles. The fourth-order valence-electron chi connectivity index (χ4n) is 2.91. The third-order valence-electron chi connectivity index (χ3n) is 4.37. The molecule has 0 atom stereocenters. The lowest BCUT2D eigenvalue weighted by molar-refractivity contribution is 0.0924. The smallest absolute Gasteiger partial charge is 0.273 e. The average Bonchev–Trinajstić information content (AvgIpc) is 3.03. The van der Waals surface area contributed by atoms with Crippen LogP contribution in [0.15, 0.2) is 6.20 Å². The van der Waals surface area contributed by atoms with Gasteiger partial charge in [-0.2, -0.15) is 5.10 Å². The predicted molar refractivity (Wildman–Crippen MR) is 75.8 cm³/mol. The Labute approximate surface area is 114 Å². The third-order valence-corrected chi connectivity index (χ3v) is 4.37. The van der Waals surface area contributed by atoms with E-state index in [1.54, 1.807) is 10.9 Å². The van der Waals surface area contributed by atoms with Crippen LogP contribution in [-0.4, -0.2) is 22.2 Å². The van der Waals surface area contributed by atoms with E-state index in [2.05, 4.69) is 17.3 Å². The highest BCUT2D eigenvalue weighted by molar-refractivity contribution is 5.97. The summed E-state index contributed by atoms with van der Waals surface area (Å²) in [6.45, 7) is 5.63. The summed E-state index contributed by atoms with van der Waals surface area (Å²) in [5.74, 6) is -0.149. The summed E-state index contributed by atoms with van der Waals surface area (Å²) in [5, 5.41) is 7.22. The molecule has 1 fully saturated rings. The molecule has 1 amide bonds. The molecule has 1 aromatic rings. The van der Waals surface area contributed by atoms with Crippen LogP contribution in [0.3, 0.4) is 0 Å². The standard InChI is InChI=1S/C14H24N4O/c1-3-14(7-5-6-8-14)10-16-13(19)12-11(15)9-18(4-2)17-12/h9H,3-8,10,15H2,1-2H3,(H,16,19). The topological polar surface area (TPSA) is 72.9 Å². The minimum atomic E-state index is -0.149. The van der Waals surface area contributed by atoms with Crippen molar-refractivity contribution in [1.82, 2.24) is 15.1 Å². The maximum absolute atomic E-state index is 12.1. The second kappa shape index (κ2) is 5.63. The maximum atomic E-state index is 12.1. The molecule has 5 heteroatoms. The molecule has 5 nitrogen and oxygen atoms in total. The number of carbonyl (C=O) groups excluding carboxylic acids is 1. The van der Waals surface area contributed by atoms with E-state index in [-0.39, 0.29) is 11.3 Å². The molecule has 1 saturated carbocycles. The number of anilines is 1. The van der Waals surface area contributed by atoms with Gasteiger partial charge < -0.3 is 11.1 Å². The normalized spacial score (nSPS) is 17.6. The number of aryl methyl sites for hydroxylation is 1. The molecular formula is C14H24N4O. The number of rotatable bonds is 5. The molecule has 1 heterocycles. The van der Waals surface area contributed by atoms with Crippen LogP contribution in [-0.2, 0) is 6.54 Å². The molecule has 3 N–H and O–H groups in total. The summed E-state index contributed by atoms with van der Waals surface area (Å²) < 4.78 is 1.69. The van der Waals surface area contributed by atoms with Gasteiger partial charge >= 0.3 is 0 Å². The Kier molecular flexibility index (Phi) is 4.12. The molecule has 0 saturated heterocycles. The van der Waals surface area contributed by atoms with E-state index in [0.717, 1.165) is 19.5 Å². The highest BCUT2D eigenvalue weighted by Gasteiger charge is 2.32. The van der Waals surface area contributed by atoms with E-state index >= 15 is 0 Å². The lowest BCUT2D eigenvalue weighted by Gasteiger charge is -2.27. The average molecular weight is 264 g/mol. The van der Waals surface area contributed by atoms with Gasteiger partial charge in [-0.1, -0.05) is 19.8 Å². The second-order valence-corrected chi connectivity index (χ2v) is 5.53. The van der Waals surface area contributed by atoms with Gasteiger partial charge in [0.2, 0.25) is 0 Å². The number of aromatic nitrogens is 2. The molecular weight excluding hydrogens is 240 g/mol. The van der Waals surface area contributed by atoms with Crippen molar-refractivity contribution >= 4 is 11.6 Å². The van der Waals surface area contributed by atoms with Crippen molar-refractivity contribution < 1.29 is 4.79 Å². The van der Waals surface area contributed by atoms with Crippen molar-refractivity contribution in [1.29, 1.82) is 0 Å². The van der Waals surface area contributed by atoms with Gasteiger partial charge in [-0.25, -0.2) is 0 Å². The maximum Gasteiger partial charge on any atom is 0.273 e. The van der Waals surface area contributed by atoms with Crippen molar-refractivity contribution in [3.8, 4) is 0 Å². The van der Waals surface area contributed by atoms with Gasteiger partial charge in [0.15, 0.2) is 5.69 Å². The summed E-state index contributed by atoms with van der Waals surface area (Å²) in [6.07, 6.45) is 7.80. The number of nitrogens with one attached hydrogen (secondary N) is 1. The zero-order valence-corrected chi connectivity index (χ0v) is 11.9. The number of amides is 1. The fraction of sp³-hybridized carbons (Fsp3) is 0.714. The van der Waals surface area contributed by atoms with Crippen LogP contribution in [0.4, 0.5) is 5.69 Å². The SMILES string of the molecule is CCn1cc(N)c(C(=O)NCC2(CC)CCCC2)n1. The Morgan fingerprint density at radius 1 is 1.47 bits per heavy atom. The number of nitrogens with two attached hydrogens (primary N) is 1. The van der Waals surface area contributed by atoms with Gasteiger partial charge in [0.05, 0.1) is 5.69 Å². The molecule has 1 aliphatic carbocycles. The van der Waals surface area contributed by atoms with Crippen molar-refractivity contribution in [2.24, 2.45) is 5.41 Å². The van der Waals surface area contributed by atoms with Gasteiger partial charge in [0.25, 0.3) is 5.91 Å². The molecule has 2 rings (SSSR count). The van der Waals surface area contributed by atoms with Crippen molar-refractivity contribution in [3.05, 3.63) is 11.9 Å². The summed E-state index contributed by atoms with van der Waals surface area (Å²) in [4.78, 5) is 12.1. The van der Waals surface area contributed by atoms with Crippen LogP contribution in [0.5, 0.6) is 0 Å². The second-order valence-electron chi connectivity index (χ2n) is 5.53. The van der Waals surface area contributed by atoms with Gasteiger partial charge in [-0.05, 0) is 31.6 Å². The lowest BCUT2D eigenvalue weighted by atomic mass is 9.83. The van der Waals surface area contributed by atoms with E-state index in [4.69, 9.17) is 5.73 Å². The minimum absolute atomic E-state index is 0.149. The Balaban J connectivity index is 1.98. The van der Waals surface area contributed by atoms with Crippen LogP contribution in [0.25, 0.3) is 0 Å². The first-order chi connectivity index (χ1) is 9.10. The first kappa shape index (κ1) is 13.9. The largest absolute Gasteiger partial charge is 0.396 e. The molecule has 0 spiro atoms.